The number of H-pyrrole nitrogens is 1. The number of amides is 1. The number of carbonyl (C=O) groups excluding carboxylic acids is 1. The zero-order valence-electron chi connectivity index (χ0n) is 13.6. The molecule has 0 fully saturated rings. The Labute approximate surface area is 147 Å². The van der Waals surface area contributed by atoms with Gasteiger partial charge in [-0.3, -0.25) is 20.1 Å². The van der Waals surface area contributed by atoms with Crippen LogP contribution in [0, 0.1) is 0 Å². The van der Waals surface area contributed by atoms with Crippen LogP contribution >= 0.6 is 0 Å². The van der Waals surface area contributed by atoms with Gasteiger partial charge in [0.25, 0.3) is 11.5 Å². The molecule has 0 bridgehead atoms. The Morgan fingerprint density at radius 3 is 2.58 bits per heavy atom. The Balaban J connectivity index is 1.81. The molecule has 0 atom stereocenters. The van der Waals surface area contributed by atoms with E-state index < -0.39 is 5.91 Å². The van der Waals surface area contributed by atoms with Gasteiger partial charge in [-0.25, -0.2) is 4.68 Å². The molecule has 0 radical (unpaired) electrons. The highest BCUT2D eigenvalue weighted by Crippen LogP contribution is 2.21. The maximum absolute atomic E-state index is 12.5. The number of aromatic hydroxyl groups is 2. The highest BCUT2D eigenvalue weighted by Gasteiger charge is 2.11. The van der Waals surface area contributed by atoms with E-state index in [1.807, 2.05) is 6.07 Å². The predicted molar refractivity (Wildman–Crippen MR) is 96.0 cm³/mol. The molecular formula is C18H16N4O4. The lowest BCUT2D eigenvalue weighted by atomic mass is 10.2. The van der Waals surface area contributed by atoms with Gasteiger partial charge in [0.15, 0.2) is 0 Å². The van der Waals surface area contributed by atoms with Gasteiger partial charge in [0.05, 0.1) is 21.8 Å². The molecule has 0 aliphatic rings. The van der Waals surface area contributed by atoms with Gasteiger partial charge in [-0.2, -0.15) is 0 Å². The molecule has 0 spiro atoms. The second-order valence-corrected chi connectivity index (χ2v) is 5.42. The number of carbonyl (C=O) groups is 1. The van der Waals surface area contributed by atoms with E-state index in [0.29, 0.717) is 11.0 Å². The number of phenols is 2. The maximum Gasteiger partial charge on any atom is 0.280 e. The van der Waals surface area contributed by atoms with Crippen LogP contribution in [-0.2, 0) is 0 Å². The number of benzene rings is 2. The van der Waals surface area contributed by atoms with E-state index in [2.05, 4.69) is 22.5 Å². The number of nitrogens with zero attached hydrogens (tertiary/aromatic N) is 1. The smallest absolute Gasteiger partial charge is 0.280 e. The molecule has 1 amide bonds. The largest absolute Gasteiger partial charge is 0.508 e. The molecule has 8 nitrogen and oxygen atoms in total. The van der Waals surface area contributed by atoms with E-state index in [1.54, 1.807) is 24.3 Å². The number of rotatable bonds is 4. The van der Waals surface area contributed by atoms with Gasteiger partial charge < -0.3 is 15.6 Å². The van der Waals surface area contributed by atoms with Gasteiger partial charge in [-0.1, -0.05) is 24.8 Å². The van der Waals surface area contributed by atoms with Crippen LogP contribution in [0.1, 0.15) is 10.4 Å². The van der Waals surface area contributed by atoms with Crippen LogP contribution in [0.15, 0.2) is 53.3 Å². The lowest BCUT2D eigenvalue weighted by molar-refractivity contribution is 0.0940. The quantitative estimate of drug-likeness (QED) is 0.412. The number of nitrogens with one attached hydrogen (secondary N) is 3. The molecule has 132 valence electrons. The third-order valence-electron chi connectivity index (χ3n) is 3.65. The van der Waals surface area contributed by atoms with E-state index >= 15 is 0 Å². The van der Waals surface area contributed by atoms with Crippen LogP contribution in [0.2, 0.25) is 0 Å². The SMILES string of the molecule is C=c1[nH]n(-c2ccccc2)c(=O)/c1=C\NNC(=O)c1ccc(O)cc1O. The second-order valence-electron chi connectivity index (χ2n) is 5.42. The number of hydrogen-bond acceptors (Lipinski definition) is 5. The summed E-state index contributed by atoms with van der Waals surface area (Å²) in [6.45, 7) is 3.78. The molecule has 26 heavy (non-hydrogen) atoms. The molecule has 0 unspecified atom stereocenters. The van der Waals surface area contributed by atoms with E-state index in [-0.39, 0.29) is 27.8 Å². The highest BCUT2D eigenvalue weighted by atomic mass is 16.3. The Bertz CT molecular complexity index is 1120. The standard InChI is InChI=1S/C18H16N4O4/c1-11-15(18(26)22(21-11)12-5-3-2-4-6-12)10-19-20-17(25)14-8-7-13(23)9-16(14)24/h2-10,19,21,23-24H,1H2,(H,20,25)/b15-10-. The zero-order valence-corrected chi connectivity index (χ0v) is 13.6. The summed E-state index contributed by atoms with van der Waals surface area (Å²) in [5.74, 6) is -1.16. The molecule has 5 N–H and O–H groups in total. The Kier molecular flexibility index (Phi) is 4.48. The Hall–Kier alpha value is -3.94. The van der Waals surface area contributed by atoms with Crippen molar-refractivity contribution in [2.45, 2.75) is 0 Å². The highest BCUT2D eigenvalue weighted by molar-refractivity contribution is 5.96. The number of para-hydroxylation sites is 1. The first-order chi connectivity index (χ1) is 12.5. The fraction of sp³-hybridized carbons (Fsp3) is 0. The number of phenolic OH excluding ortho intramolecular Hbond substituents is 2. The van der Waals surface area contributed by atoms with Crippen molar-refractivity contribution in [3.05, 3.63) is 75.0 Å². The van der Waals surface area contributed by atoms with Crippen molar-refractivity contribution in [3.63, 3.8) is 0 Å². The summed E-state index contributed by atoms with van der Waals surface area (Å²) >= 11 is 0. The number of hydrazine groups is 1. The predicted octanol–water partition coefficient (Wildman–Crippen LogP) is -0.340. The summed E-state index contributed by atoms with van der Waals surface area (Å²) < 4.78 is 1.34. The third-order valence-corrected chi connectivity index (χ3v) is 3.65. The molecule has 8 heteroatoms. The lowest BCUT2D eigenvalue weighted by Crippen LogP contribution is -2.41. The summed E-state index contributed by atoms with van der Waals surface area (Å²) in [6.07, 6.45) is 1.30. The van der Waals surface area contributed by atoms with Crippen LogP contribution in [0.4, 0.5) is 0 Å². The summed E-state index contributed by atoms with van der Waals surface area (Å²) in [7, 11) is 0. The molecule has 0 aliphatic carbocycles. The minimum atomic E-state index is -0.636. The number of aromatic amines is 1. The molecule has 0 aliphatic heterocycles. The zero-order chi connectivity index (χ0) is 18.7. The molecular weight excluding hydrogens is 336 g/mol. The summed E-state index contributed by atoms with van der Waals surface area (Å²) in [5.41, 5.74) is 5.13. The van der Waals surface area contributed by atoms with Crippen LogP contribution in [0.3, 0.4) is 0 Å². The first-order valence-electron chi connectivity index (χ1n) is 7.61. The average molecular weight is 352 g/mol. The van der Waals surface area contributed by atoms with Crippen molar-refractivity contribution in [1.82, 2.24) is 20.6 Å². The van der Waals surface area contributed by atoms with Gasteiger partial charge in [-0.05, 0) is 24.3 Å². The third kappa shape index (κ3) is 3.29. The van der Waals surface area contributed by atoms with Gasteiger partial charge in [-0.15, -0.1) is 0 Å². The Morgan fingerprint density at radius 2 is 1.88 bits per heavy atom. The van der Waals surface area contributed by atoms with Crippen molar-refractivity contribution in [2.24, 2.45) is 0 Å². The van der Waals surface area contributed by atoms with Crippen LogP contribution in [0.25, 0.3) is 18.5 Å². The van der Waals surface area contributed by atoms with Crippen LogP contribution in [-0.4, -0.2) is 25.9 Å². The fourth-order valence-corrected chi connectivity index (χ4v) is 2.36. The summed E-state index contributed by atoms with van der Waals surface area (Å²) in [5, 5.41) is 22.4. The minimum Gasteiger partial charge on any atom is -0.508 e. The van der Waals surface area contributed by atoms with Crippen molar-refractivity contribution in [2.75, 3.05) is 0 Å². The lowest BCUT2D eigenvalue weighted by Gasteiger charge is -2.06. The minimum absolute atomic E-state index is 0.0330. The molecule has 1 aromatic heterocycles. The molecule has 0 saturated heterocycles. The van der Waals surface area contributed by atoms with Crippen LogP contribution < -0.4 is 27.0 Å². The normalized spacial score (nSPS) is 11.3. The van der Waals surface area contributed by atoms with Crippen LogP contribution in [0.5, 0.6) is 11.5 Å². The van der Waals surface area contributed by atoms with E-state index in [0.717, 1.165) is 6.07 Å². The first-order valence-corrected chi connectivity index (χ1v) is 7.61. The van der Waals surface area contributed by atoms with Crippen molar-refractivity contribution in [3.8, 4) is 17.2 Å². The van der Waals surface area contributed by atoms with Gasteiger partial charge in [0.2, 0.25) is 0 Å². The molecule has 1 heterocycles. The van der Waals surface area contributed by atoms with E-state index in [1.165, 1.54) is 23.0 Å². The molecule has 3 aromatic rings. The molecule has 2 aromatic carbocycles. The molecule has 3 rings (SSSR count). The second kappa shape index (κ2) is 6.89. The summed E-state index contributed by atoms with van der Waals surface area (Å²) in [4.78, 5) is 24.5. The van der Waals surface area contributed by atoms with Crippen molar-refractivity contribution < 1.29 is 15.0 Å². The Morgan fingerprint density at radius 1 is 1.15 bits per heavy atom. The van der Waals surface area contributed by atoms with E-state index in [4.69, 9.17) is 0 Å². The summed E-state index contributed by atoms with van der Waals surface area (Å²) in [6, 6.07) is 12.6. The number of hydrogen-bond donors (Lipinski definition) is 5. The van der Waals surface area contributed by atoms with Gasteiger partial charge >= 0.3 is 0 Å². The van der Waals surface area contributed by atoms with E-state index in [9.17, 15) is 19.8 Å². The average Bonchev–Trinajstić information content (AvgIpc) is 2.90. The number of aromatic nitrogens is 2. The maximum atomic E-state index is 12.5. The monoisotopic (exact) mass is 352 g/mol. The van der Waals surface area contributed by atoms with Gasteiger partial charge in [0.1, 0.15) is 11.5 Å². The van der Waals surface area contributed by atoms with Crippen molar-refractivity contribution >= 4 is 18.7 Å². The molecule has 0 saturated carbocycles. The van der Waals surface area contributed by atoms with Gasteiger partial charge in [0, 0.05) is 12.3 Å². The first kappa shape index (κ1) is 16.9. The fourth-order valence-electron chi connectivity index (χ4n) is 2.36. The van der Waals surface area contributed by atoms with Crippen molar-refractivity contribution in [1.29, 1.82) is 0 Å². The topological polar surface area (TPSA) is 119 Å².